The molecule has 0 aliphatic heterocycles. The van der Waals surface area contributed by atoms with E-state index < -0.39 is 0 Å². The van der Waals surface area contributed by atoms with Gasteiger partial charge in [0.1, 0.15) is 10.3 Å². The van der Waals surface area contributed by atoms with Gasteiger partial charge in [0.2, 0.25) is 0 Å². The zero-order chi connectivity index (χ0) is 13.4. The van der Waals surface area contributed by atoms with Gasteiger partial charge in [0.05, 0.1) is 10.5 Å². The highest BCUT2D eigenvalue weighted by Gasteiger charge is 2.10. The first-order valence-corrected chi connectivity index (χ1v) is 6.62. The van der Waals surface area contributed by atoms with Gasteiger partial charge < -0.3 is 4.98 Å². The summed E-state index contributed by atoms with van der Waals surface area (Å²) in [6.07, 6.45) is 3.15. The van der Waals surface area contributed by atoms with Crippen molar-refractivity contribution in [1.82, 2.24) is 15.0 Å². The summed E-state index contributed by atoms with van der Waals surface area (Å²) in [7, 11) is 0. The van der Waals surface area contributed by atoms with E-state index >= 15 is 0 Å². The van der Waals surface area contributed by atoms with Crippen molar-refractivity contribution >= 4 is 38.4 Å². The maximum Gasteiger partial charge on any atom is 0.265 e. The molecule has 0 radical (unpaired) electrons. The second-order valence-corrected chi connectivity index (χ2v) is 5.16. The number of aromatic nitrogens is 3. The third kappa shape index (κ3) is 2.15. The third-order valence-electron chi connectivity index (χ3n) is 2.73. The normalized spacial score (nSPS) is 10.8. The van der Waals surface area contributed by atoms with Crippen LogP contribution in [0.4, 0.5) is 0 Å². The fourth-order valence-corrected chi connectivity index (χ4v) is 2.26. The first-order chi connectivity index (χ1) is 9.16. The number of hydrogen-bond acceptors (Lipinski definition) is 3. The second-order valence-electron chi connectivity index (χ2n) is 3.90. The minimum atomic E-state index is -0.232. The van der Waals surface area contributed by atoms with Gasteiger partial charge in [0.25, 0.3) is 5.56 Å². The predicted octanol–water partition coefficient (Wildman–Crippen LogP) is 3.40. The summed E-state index contributed by atoms with van der Waals surface area (Å²) in [5.74, 6) is 0.466. The molecule has 0 amide bonds. The first kappa shape index (κ1) is 12.3. The highest BCUT2D eigenvalue weighted by atomic mass is 79.9. The summed E-state index contributed by atoms with van der Waals surface area (Å²) >= 11 is 9.25. The lowest BCUT2D eigenvalue weighted by molar-refractivity contribution is 1.11. The second kappa shape index (κ2) is 4.75. The van der Waals surface area contributed by atoms with Crippen LogP contribution in [0.1, 0.15) is 0 Å². The van der Waals surface area contributed by atoms with Crippen molar-refractivity contribution in [3.05, 3.63) is 56.5 Å². The molecule has 0 aliphatic rings. The SMILES string of the molecule is O=c1[nH]c(-c2ccc(Cl)c3cccnc23)ncc1Br. The van der Waals surface area contributed by atoms with Gasteiger partial charge in [-0.25, -0.2) is 4.98 Å². The summed E-state index contributed by atoms with van der Waals surface area (Å²) in [4.78, 5) is 22.8. The zero-order valence-electron chi connectivity index (χ0n) is 9.52. The Hall–Kier alpha value is -1.72. The van der Waals surface area contributed by atoms with E-state index in [0.717, 1.165) is 10.9 Å². The van der Waals surface area contributed by atoms with Crippen LogP contribution in [0.15, 0.2) is 45.9 Å². The van der Waals surface area contributed by atoms with E-state index in [0.29, 0.717) is 20.8 Å². The minimum absolute atomic E-state index is 0.232. The molecular formula is C13H7BrClN3O. The van der Waals surface area contributed by atoms with Crippen molar-refractivity contribution in [2.75, 3.05) is 0 Å². The number of hydrogen-bond donors (Lipinski definition) is 1. The number of H-pyrrole nitrogens is 1. The van der Waals surface area contributed by atoms with Gasteiger partial charge in [-0.2, -0.15) is 0 Å². The van der Waals surface area contributed by atoms with Crippen molar-refractivity contribution in [3.63, 3.8) is 0 Å². The minimum Gasteiger partial charge on any atom is -0.305 e. The van der Waals surface area contributed by atoms with Crippen LogP contribution in [-0.2, 0) is 0 Å². The Morgan fingerprint density at radius 2 is 2.05 bits per heavy atom. The Labute approximate surface area is 121 Å². The van der Waals surface area contributed by atoms with Crippen LogP contribution in [0.3, 0.4) is 0 Å². The fraction of sp³-hybridized carbons (Fsp3) is 0. The monoisotopic (exact) mass is 335 g/mol. The van der Waals surface area contributed by atoms with Gasteiger partial charge in [-0.3, -0.25) is 9.78 Å². The molecule has 1 N–H and O–H groups in total. The number of fused-ring (bicyclic) bond motifs is 1. The van der Waals surface area contributed by atoms with Crippen LogP contribution >= 0.6 is 27.5 Å². The van der Waals surface area contributed by atoms with Gasteiger partial charge >= 0.3 is 0 Å². The van der Waals surface area contributed by atoms with Crippen molar-refractivity contribution in [3.8, 4) is 11.4 Å². The maximum atomic E-state index is 11.6. The van der Waals surface area contributed by atoms with E-state index in [-0.39, 0.29) is 5.56 Å². The smallest absolute Gasteiger partial charge is 0.265 e. The summed E-state index contributed by atoms with van der Waals surface area (Å²) in [5, 5.41) is 1.44. The average molecular weight is 337 g/mol. The van der Waals surface area contributed by atoms with Crippen LogP contribution < -0.4 is 5.56 Å². The molecule has 1 aromatic carbocycles. The molecule has 4 nitrogen and oxygen atoms in total. The Morgan fingerprint density at radius 1 is 1.21 bits per heavy atom. The molecule has 3 rings (SSSR count). The first-order valence-electron chi connectivity index (χ1n) is 5.45. The lowest BCUT2D eigenvalue weighted by Crippen LogP contribution is -2.09. The quantitative estimate of drug-likeness (QED) is 0.741. The Bertz CT molecular complexity index is 831. The number of nitrogens with zero attached hydrogens (tertiary/aromatic N) is 2. The van der Waals surface area contributed by atoms with Gasteiger partial charge in [-0.15, -0.1) is 0 Å². The van der Waals surface area contributed by atoms with Gasteiger partial charge in [-0.05, 0) is 40.2 Å². The van der Waals surface area contributed by atoms with E-state index in [4.69, 9.17) is 11.6 Å². The molecule has 2 heterocycles. The van der Waals surface area contributed by atoms with E-state index in [1.807, 2.05) is 12.1 Å². The van der Waals surface area contributed by atoms with Crippen LogP contribution in [-0.4, -0.2) is 15.0 Å². The van der Waals surface area contributed by atoms with Gasteiger partial charge in [-0.1, -0.05) is 11.6 Å². The predicted molar refractivity (Wildman–Crippen MR) is 78.3 cm³/mol. The van der Waals surface area contributed by atoms with Crippen molar-refractivity contribution in [2.24, 2.45) is 0 Å². The van der Waals surface area contributed by atoms with E-state index in [2.05, 4.69) is 30.9 Å². The number of halogens is 2. The van der Waals surface area contributed by atoms with Crippen molar-refractivity contribution in [1.29, 1.82) is 0 Å². The molecule has 0 unspecified atom stereocenters. The highest BCUT2D eigenvalue weighted by Crippen LogP contribution is 2.29. The molecule has 6 heteroatoms. The molecular weight excluding hydrogens is 330 g/mol. The molecule has 0 saturated carbocycles. The van der Waals surface area contributed by atoms with E-state index in [1.165, 1.54) is 6.20 Å². The summed E-state index contributed by atoms with van der Waals surface area (Å²) < 4.78 is 0.391. The molecule has 94 valence electrons. The lowest BCUT2D eigenvalue weighted by atomic mass is 10.1. The highest BCUT2D eigenvalue weighted by molar-refractivity contribution is 9.10. The zero-order valence-corrected chi connectivity index (χ0v) is 11.9. The molecule has 2 aromatic heterocycles. The number of aromatic amines is 1. The number of rotatable bonds is 1. The van der Waals surface area contributed by atoms with Crippen LogP contribution in [0, 0.1) is 0 Å². The van der Waals surface area contributed by atoms with Crippen LogP contribution in [0.2, 0.25) is 5.02 Å². The third-order valence-corrected chi connectivity index (χ3v) is 3.62. The molecule has 0 atom stereocenters. The average Bonchev–Trinajstić information content (AvgIpc) is 2.43. The summed E-state index contributed by atoms with van der Waals surface area (Å²) in [6.45, 7) is 0. The molecule has 0 fully saturated rings. The maximum absolute atomic E-state index is 11.6. The molecule has 19 heavy (non-hydrogen) atoms. The van der Waals surface area contributed by atoms with Crippen LogP contribution in [0.25, 0.3) is 22.3 Å². The van der Waals surface area contributed by atoms with Crippen molar-refractivity contribution < 1.29 is 0 Å². The standard InChI is InChI=1S/C13H7BrClN3O/c14-9-6-17-12(18-13(9)19)8-3-4-10(15)7-2-1-5-16-11(7)8/h1-6H,(H,17,18,19). The fourth-order valence-electron chi connectivity index (χ4n) is 1.85. The molecule has 0 spiro atoms. The molecule has 0 bridgehead atoms. The lowest BCUT2D eigenvalue weighted by Gasteiger charge is -2.06. The Morgan fingerprint density at radius 3 is 2.84 bits per heavy atom. The van der Waals surface area contributed by atoms with Gasteiger partial charge in [0, 0.05) is 23.3 Å². The Balaban J connectivity index is 2.34. The topological polar surface area (TPSA) is 58.6 Å². The van der Waals surface area contributed by atoms with Crippen LogP contribution in [0.5, 0.6) is 0 Å². The molecule has 0 aliphatic carbocycles. The van der Waals surface area contributed by atoms with E-state index in [1.54, 1.807) is 18.3 Å². The molecule has 0 saturated heterocycles. The summed E-state index contributed by atoms with van der Waals surface area (Å²) in [5.41, 5.74) is 1.22. The Kier molecular flexibility index (Phi) is 3.08. The molecule has 3 aromatic rings. The number of pyridine rings is 1. The number of nitrogens with one attached hydrogen (secondary N) is 1. The van der Waals surface area contributed by atoms with Crippen molar-refractivity contribution in [2.45, 2.75) is 0 Å². The van der Waals surface area contributed by atoms with E-state index in [9.17, 15) is 4.79 Å². The number of benzene rings is 1. The summed E-state index contributed by atoms with van der Waals surface area (Å²) in [6, 6.07) is 7.26. The van der Waals surface area contributed by atoms with Gasteiger partial charge in [0.15, 0.2) is 0 Å². The largest absolute Gasteiger partial charge is 0.305 e.